The molecule has 0 heterocycles. The lowest BCUT2D eigenvalue weighted by molar-refractivity contribution is -0.116. The van der Waals surface area contributed by atoms with Gasteiger partial charge in [0.15, 0.2) is 0 Å². The maximum atomic E-state index is 13.9. The number of amides is 2. The second-order valence-corrected chi connectivity index (χ2v) is 5.46. The molecule has 0 aliphatic rings. The van der Waals surface area contributed by atoms with Crippen LogP contribution >= 0.6 is 11.6 Å². The summed E-state index contributed by atoms with van der Waals surface area (Å²) in [5, 5.41) is 0.0646. The third-order valence-electron chi connectivity index (χ3n) is 3.58. The molecule has 4 nitrogen and oxygen atoms in total. The summed E-state index contributed by atoms with van der Waals surface area (Å²) in [5.74, 6) is -1.30. The van der Waals surface area contributed by atoms with Crippen LogP contribution in [-0.4, -0.2) is 25.9 Å². The fourth-order valence-electron chi connectivity index (χ4n) is 2.07. The van der Waals surface area contributed by atoms with E-state index in [4.69, 9.17) is 11.6 Å². The molecule has 2 aromatic rings. The highest BCUT2D eigenvalue weighted by atomic mass is 35.5. The second kappa shape index (κ2) is 6.79. The van der Waals surface area contributed by atoms with E-state index >= 15 is 0 Å². The topological polar surface area (TPSA) is 40.6 Å². The summed E-state index contributed by atoms with van der Waals surface area (Å²) in [6.45, 7) is 1.46. The van der Waals surface area contributed by atoms with Crippen LogP contribution in [-0.2, 0) is 4.79 Å². The SMILES string of the molecule is CC(=O)N(C)c1ccc(N(C)C(=O)c2c(F)cccc2Cl)cc1. The fourth-order valence-corrected chi connectivity index (χ4v) is 2.31. The van der Waals surface area contributed by atoms with E-state index < -0.39 is 11.7 Å². The van der Waals surface area contributed by atoms with E-state index in [0.717, 1.165) is 0 Å². The summed E-state index contributed by atoms with van der Waals surface area (Å²) >= 11 is 5.93. The van der Waals surface area contributed by atoms with Crippen molar-refractivity contribution in [2.45, 2.75) is 6.92 Å². The minimum Gasteiger partial charge on any atom is -0.316 e. The predicted octanol–water partition coefficient (Wildman–Crippen LogP) is 3.74. The van der Waals surface area contributed by atoms with Crippen LogP contribution in [0.3, 0.4) is 0 Å². The van der Waals surface area contributed by atoms with E-state index in [1.807, 2.05) is 0 Å². The molecule has 2 rings (SSSR count). The van der Waals surface area contributed by atoms with Crippen LogP contribution in [0.15, 0.2) is 42.5 Å². The van der Waals surface area contributed by atoms with Crippen molar-refractivity contribution in [2.75, 3.05) is 23.9 Å². The van der Waals surface area contributed by atoms with E-state index in [1.54, 1.807) is 31.3 Å². The first-order chi connectivity index (χ1) is 10.8. The first-order valence-corrected chi connectivity index (χ1v) is 7.27. The Bertz CT molecular complexity index is 727. The Labute approximate surface area is 139 Å². The third kappa shape index (κ3) is 3.51. The fraction of sp³-hybridized carbons (Fsp3) is 0.176. The van der Waals surface area contributed by atoms with E-state index in [2.05, 4.69) is 0 Å². The Morgan fingerprint density at radius 2 is 1.48 bits per heavy atom. The molecule has 0 aliphatic carbocycles. The minimum atomic E-state index is -0.665. The van der Waals surface area contributed by atoms with Gasteiger partial charge in [0.2, 0.25) is 5.91 Å². The molecule has 2 amide bonds. The molecule has 0 radical (unpaired) electrons. The molecule has 0 aromatic heterocycles. The first kappa shape index (κ1) is 17.0. The molecule has 0 saturated heterocycles. The van der Waals surface area contributed by atoms with Gasteiger partial charge in [-0.3, -0.25) is 9.59 Å². The molecule has 2 aromatic carbocycles. The van der Waals surface area contributed by atoms with Gasteiger partial charge in [-0.2, -0.15) is 0 Å². The number of hydrogen-bond donors (Lipinski definition) is 0. The predicted molar refractivity (Wildman–Crippen MR) is 89.7 cm³/mol. The zero-order chi connectivity index (χ0) is 17.1. The highest BCUT2D eigenvalue weighted by molar-refractivity contribution is 6.34. The molecule has 0 bridgehead atoms. The van der Waals surface area contributed by atoms with Crippen molar-refractivity contribution in [2.24, 2.45) is 0 Å². The average Bonchev–Trinajstić information content (AvgIpc) is 2.53. The van der Waals surface area contributed by atoms with Crippen LogP contribution in [0.2, 0.25) is 5.02 Å². The number of nitrogens with zero attached hydrogens (tertiary/aromatic N) is 2. The molecule has 120 valence electrons. The van der Waals surface area contributed by atoms with Crippen molar-refractivity contribution >= 4 is 34.8 Å². The van der Waals surface area contributed by atoms with Gasteiger partial charge in [0.1, 0.15) is 5.82 Å². The summed E-state index contributed by atoms with van der Waals surface area (Å²) in [4.78, 5) is 26.6. The van der Waals surface area contributed by atoms with Crippen LogP contribution in [0, 0.1) is 5.82 Å². The lowest BCUT2D eigenvalue weighted by atomic mass is 10.1. The second-order valence-electron chi connectivity index (χ2n) is 5.06. The molecule has 0 saturated carbocycles. The standard InChI is InChI=1S/C17H16ClFN2O2/c1-11(22)20(2)12-7-9-13(10-8-12)21(3)17(23)16-14(18)5-4-6-15(16)19/h4-10H,1-3H3. The number of halogens is 2. The molecular weight excluding hydrogens is 319 g/mol. The lowest BCUT2D eigenvalue weighted by Crippen LogP contribution is -2.27. The zero-order valence-corrected chi connectivity index (χ0v) is 13.8. The minimum absolute atomic E-state index is 0.0646. The molecule has 6 heteroatoms. The van der Waals surface area contributed by atoms with Gasteiger partial charge < -0.3 is 9.80 Å². The molecule has 23 heavy (non-hydrogen) atoms. The molecule has 0 atom stereocenters. The lowest BCUT2D eigenvalue weighted by Gasteiger charge is -2.20. The normalized spacial score (nSPS) is 10.3. The number of rotatable bonds is 3. The summed E-state index contributed by atoms with van der Waals surface area (Å²) in [7, 11) is 3.19. The summed E-state index contributed by atoms with van der Waals surface area (Å²) in [5.41, 5.74) is 1.10. The molecule has 0 N–H and O–H groups in total. The summed E-state index contributed by atoms with van der Waals surface area (Å²) < 4.78 is 13.9. The summed E-state index contributed by atoms with van der Waals surface area (Å²) in [6.07, 6.45) is 0. The molecule has 0 spiro atoms. The van der Waals surface area contributed by atoms with Crippen LogP contribution in [0.4, 0.5) is 15.8 Å². The maximum Gasteiger partial charge on any atom is 0.262 e. The van der Waals surface area contributed by atoms with Crippen molar-refractivity contribution < 1.29 is 14.0 Å². The van der Waals surface area contributed by atoms with E-state index in [0.29, 0.717) is 11.4 Å². The number of hydrogen-bond acceptors (Lipinski definition) is 2. The van der Waals surface area contributed by atoms with Crippen molar-refractivity contribution in [3.8, 4) is 0 Å². The Kier molecular flexibility index (Phi) is 5.01. The van der Waals surface area contributed by atoms with Gasteiger partial charge in [-0.05, 0) is 36.4 Å². The van der Waals surface area contributed by atoms with E-state index in [9.17, 15) is 14.0 Å². The quantitative estimate of drug-likeness (QED) is 0.858. The van der Waals surface area contributed by atoms with Crippen molar-refractivity contribution in [3.05, 3.63) is 58.9 Å². The van der Waals surface area contributed by atoms with Gasteiger partial charge in [-0.15, -0.1) is 0 Å². The smallest absolute Gasteiger partial charge is 0.262 e. The van der Waals surface area contributed by atoms with Crippen molar-refractivity contribution in [1.82, 2.24) is 0 Å². The maximum absolute atomic E-state index is 13.9. The molecule has 0 unspecified atom stereocenters. The van der Waals surface area contributed by atoms with Gasteiger partial charge >= 0.3 is 0 Å². The Balaban J connectivity index is 2.28. The molecule has 0 fully saturated rings. The van der Waals surface area contributed by atoms with Gasteiger partial charge in [0.05, 0.1) is 10.6 Å². The van der Waals surface area contributed by atoms with Crippen molar-refractivity contribution in [3.63, 3.8) is 0 Å². The van der Waals surface area contributed by atoms with Gasteiger partial charge in [-0.1, -0.05) is 17.7 Å². The number of benzene rings is 2. The molecular formula is C17H16ClFN2O2. The molecule has 0 aliphatic heterocycles. The number of carbonyl (C=O) groups excluding carboxylic acids is 2. The third-order valence-corrected chi connectivity index (χ3v) is 3.89. The zero-order valence-electron chi connectivity index (χ0n) is 13.0. The number of carbonyl (C=O) groups is 2. The monoisotopic (exact) mass is 334 g/mol. The highest BCUT2D eigenvalue weighted by Gasteiger charge is 2.20. The Hall–Kier alpha value is -2.40. The Morgan fingerprint density at radius 1 is 0.957 bits per heavy atom. The van der Waals surface area contributed by atoms with Gasteiger partial charge in [0, 0.05) is 32.4 Å². The van der Waals surface area contributed by atoms with E-state index in [1.165, 1.54) is 42.0 Å². The van der Waals surface area contributed by atoms with Crippen LogP contribution < -0.4 is 9.80 Å². The average molecular weight is 335 g/mol. The van der Waals surface area contributed by atoms with Gasteiger partial charge in [-0.25, -0.2) is 4.39 Å². The first-order valence-electron chi connectivity index (χ1n) is 6.89. The number of anilines is 2. The highest BCUT2D eigenvalue weighted by Crippen LogP contribution is 2.25. The largest absolute Gasteiger partial charge is 0.316 e. The van der Waals surface area contributed by atoms with Crippen LogP contribution in [0.1, 0.15) is 17.3 Å². The van der Waals surface area contributed by atoms with Gasteiger partial charge in [0.25, 0.3) is 5.91 Å². The van der Waals surface area contributed by atoms with Crippen molar-refractivity contribution in [1.29, 1.82) is 0 Å². The van der Waals surface area contributed by atoms with Crippen LogP contribution in [0.25, 0.3) is 0 Å². The van der Waals surface area contributed by atoms with Crippen LogP contribution in [0.5, 0.6) is 0 Å². The van der Waals surface area contributed by atoms with E-state index in [-0.39, 0.29) is 16.5 Å². The summed E-state index contributed by atoms with van der Waals surface area (Å²) in [6, 6.07) is 10.9. The Morgan fingerprint density at radius 3 is 1.96 bits per heavy atom.